The molecule has 5 rings (SSSR count). The summed E-state index contributed by atoms with van der Waals surface area (Å²) in [6, 6.07) is 6.94. The van der Waals surface area contributed by atoms with Gasteiger partial charge in [0.2, 0.25) is 18.7 Å². The summed E-state index contributed by atoms with van der Waals surface area (Å²) in [7, 11) is 0. The fourth-order valence-corrected chi connectivity index (χ4v) is 4.91. The van der Waals surface area contributed by atoms with E-state index in [1.165, 1.54) is 24.3 Å². The molecule has 0 radical (unpaired) electrons. The number of aliphatic hydroxyl groups is 9. The Balaban J connectivity index is 1.49. The van der Waals surface area contributed by atoms with Crippen LogP contribution in [0, 0.1) is 0 Å². The largest absolute Gasteiger partial charge is 0.574 e. The summed E-state index contributed by atoms with van der Waals surface area (Å²) in [5, 5.41) is 100. The van der Waals surface area contributed by atoms with Crippen LogP contribution in [0.3, 0.4) is 0 Å². The molecule has 1 unspecified atom stereocenters. The molecule has 3 heterocycles. The number of phenols is 2. The Morgan fingerprint density at radius 1 is 0.690 bits per heavy atom. The van der Waals surface area contributed by atoms with Gasteiger partial charge in [0.05, 0.1) is 24.8 Å². The van der Waals surface area contributed by atoms with Crippen molar-refractivity contribution in [2.45, 2.75) is 67.5 Å². The van der Waals surface area contributed by atoms with Crippen LogP contribution in [0.4, 0.5) is 0 Å². The van der Waals surface area contributed by atoms with Gasteiger partial charge >= 0.3 is 0 Å². The molecule has 2 aromatic rings. The quantitative estimate of drug-likeness (QED) is 0.117. The van der Waals surface area contributed by atoms with E-state index in [0.29, 0.717) is 11.1 Å². The van der Waals surface area contributed by atoms with Gasteiger partial charge in [-0.15, -0.1) is 0 Å². The van der Waals surface area contributed by atoms with Gasteiger partial charge in [0.25, 0.3) is 5.75 Å². The maximum Gasteiger partial charge on any atom is 0.270 e. The summed E-state index contributed by atoms with van der Waals surface area (Å²) in [5.74, 6) is -0.471. The van der Waals surface area contributed by atoms with Crippen molar-refractivity contribution < 1.29 is 74.7 Å². The van der Waals surface area contributed by atoms with Crippen LogP contribution in [0.1, 0.15) is 17.2 Å². The van der Waals surface area contributed by atoms with Gasteiger partial charge in [0.1, 0.15) is 65.9 Å². The lowest BCUT2D eigenvalue weighted by Crippen LogP contribution is -2.60. The third-order valence-corrected chi connectivity index (χ3v) is 7.35. The van der Waals surface area contributed by atoms with Crippen LogP contribution in [-0.4, -0.2) is 130 Å². The molecule has 3 aliphatic rings. The predicted molar refractivity (Wildman–Crippen MR) is 138 cm³/mol. The Hall–Kier alpha value is -3.22. The Bertz CT molecular complexity index is 1280. The Labute approximate surface area is 238 Å². The number of aromatic hydroxyl groups is 3. The molecule has 3 aliphatic heterocycles. The first kappa shape index (κ1) is 30.2. The number of hydrogen-bond acceptors (Lipinski definition) is 14. The molecule has 0 saturated carbocycles. The molecular formula is C27H33O15+. The molecule has 0 aliphatic carbocycles. The molecule has 0 amide bonds. The van der Waals surface area contributed by atoms with E-state index in [2.05, 4.69) is 4.74 Å². The molecule has 11 atom stereocenters. The minimum Gasteiger partial charge on any atom is -0.574 e. The monoisotopic (exact) mass is 597 g/mol. The van der Waals surface area contributed by atoms with Crippen molar-refractivity contribution in [1.82, 2.24) is 0 Å². The number of fused-ring (bicyclic) bond motifs is 1. The zero-order chi connectivity index (χ0) is 30.3. The fourth-order valence-electron chi connectivity index (χ4n) is 4.91. The second kappa shape index (κ2) is 12.2. The Kier molecular flexibility index (Phi) is 8.77. The summed E-state index contributed by atoms with van der Waals surface area (Å²) in [6.07, 6.45) is -13.1. The molecule has 15 nitrogen and oxygen atoms in total. The third kappa shape index (κ3) is 5.71. The van der Waals surface area contributed by atoms with Crippen molar-refractivity contribution in [3.05, 3.63) is 47.5 Å². The van der Waals surface area contributed by atoms with E-state index in [1.807, 2.05) is 0 Å². The second-order valence-corrected chi connectivity index (χ2v) is 10.2. The molecule has 42 heavy (non-hydrogen) atoms. The van der Waals surface area contributed by atoms with Gasteiger partial charge in [-0.25, -0.2) is 0 Å². The van der Waals surface area contributed by atoms with Crippen molar-refractivity contribution >= 4 is 6.08 Å². The molecular weight excluding hydrogens is 564 g/mol. The van der Waals surface area contributed by atoms with Gasteiger partial charge in [0.15, 0.2) is 11.5 Å². The number of phenolic OH excluding ortho intramolecular Hbond substituents is 2. The fraction of sp³-hybridized carbons (Fsp3) is 0.481. The highest BCUT2D eigenvalue weighted by atomic mass is 16.7. The van der Waals surface area contributed by atoms with E-state index in [1.54, 1.807) is 18.2 Å². The molecule has 2 saturated heterocycles. The molecule has 11 N–H and O–H groups in total. The smallest absolute Gasteiger partial charge is 0.270 e. The summed E-state index contributed by atoms with van der Waals surface area (Å²) in [6.45, 7) is -1.36. The number of hydrogen-bond donors (Lipinski definition) is 10. The maximum atomic E-state index is 10.5. The van der Waals surface area contributed by atoms with Crippen LogP contribution in [0.5, 0.6) is 28.7 Å². The lowest BCUT2D eigenvalue weighted by Gasteiger charge is -2.40. The molecule has 0 aromatic heterocycles. The van der Waals surface area contributed by atoms with Crippen molar-refractivity contribution in [2.75, 3.05) is 13.2 Å². The van der Waals surface area contributed by atoms with Gasteiger partial charge in [-0.1, -0.05) is 0 Å². The molecule has 2 aromatic carbocycles. The van der Waals surface area contributed by atoms with E-state index in [4.69, 9.17) is 18.9 Å². The standard InChI is InChI=1S/C27H32O15/c28-8-18-20(32)22(34)24(36)26(41-18)38-11-6-16-12(2-4-15(39-16)10-1-3-13(30)14(31)5-10)17(7-11)40-27-25(37)23(35)21(33)19(9-29)42-27/h1-7,15,18-37H,8-9H2/p+1/t15?,18-,19-,20-,21-,22+,23+,24-,25-,26-,27-/m1/s1. The minimum atomic E-state index is -1.73. The highest BCUT2D eigenvalue weighted by molar-refractivity contribution is 5.68. The number of benzene rings is 2. The summed E-state index contributed by atoms with van der Waals surface area (Å²) in [4.78, 5) is 0. The normalized spacial score (nSPS) is 36.1. The van der Waals surface area contributed by atoms with Gasteiger partial charge in [0, 0.05) is 12.1 Å². The lowest BCUT2D eigenvalue weighted by molar-refractivity contribution is -0.278. The summed E-state index contributed by atoms with van der Waals surface area (Å²) < 4.78 is 27.2. The van der Waals surface area contributed by atoms with Gasteiger partial charge in [-0.05, 0) is 24.3 Å². The number of ether oxygens (including phenoxy) is 5. The average molecular weight is 598 g/mol. The zero-order valence-corrected chi connectivity index (χ0v) is 21.9. The summed E-state index contributed by atoms with van der Waals surface area (Å²) in [5.41, 5.74) is 0.872. The topological polar surface area (TPSA) is 252 Å². The van der Waals surface area contributed by atoms with Crippen LogP contribution in [0.25, 0.3) is 6.08 Å². The zero-order valence-electron chi connectivity index (χ0n) is 21.9. The highest BCUT2D eigenvalue weighted by Crippen LogP contribution is 2.44. The van der Waals surface area contributed by atoms with Crippen molar-refractivity contribution in [3.63, 3.8) is 0 Å². The highest BCUT2D eigenvalue weighted by Gasteiger charge is 2.46. The molecule has 2 fully saturated rings. The first-order valence-electron chi connectivity index (χ1n) is 13.1. The van der Waals surface area contributed by atoms with Crippen LogP contribution >= 0.6 is 0 Å². The van der Waals surface area contributed by atoms with E-state index in [0.717, 1.165) is 0 Å². The van der Waals surface area contributed by atoms with Crippen LogP contribution in [0.15, 0.2) is 36.4 Å². The molecule has 15 heteroatoms. The summed E-state index contributed by atoms with van der Waals surface area (Å²) >= 11 is 0. The van der Waals surface area contributed by atoms with Gasteiger partial charge in [-0.3, -0.25) is 0 Å². The van der Waals surface area contributed by atoms with E-state index in [9.17, 15) is 51.1 Å². The van der Waals surface area contributed by atoms with Crippen LogP contribution in [0.2, 0.25) is 0 Å². The van der Waals surface area contributed by atoms with E-state index < -0.39 is 80.7 Å². The first-order valence-corrected chi connectivity index (χ1v) is 13.1. The van der Waals surface area contributed by atoms with Crippen molar-refractivity contribution in [2.24, 2.45) is 0 Å². The molecule has 230 valence electrons. The second-order valence-electron chi connectivity index (χ2n) is 10.2. The maximum absolute atomic E-state index is 10.5. The number of aliphatic hydroxyl groups excluding tert-OH is 8. The van der Waals surface area contributed by atoms with Crippen LogP contribution in [-0.2, 0) is 9.47 Å². The Morgan fingerprint density at radius 3 is 1.86 bits per heavy atom. The molecule has 0 bridgehead atoms. The van der Waals surface area contributed by atoms with Crippen molar-refractivity contribution in [3.8, 4) is 28.7 Å². The van der Waals surface area contributed by atoms with E-state index in [-0.39, 0.29) is 28.7 Å². The molecule has 0 spiro atoms. The van der Waals surface area contributed by atoms with Crippen LogP contribution < -0.4 is 9.47 Å². The minimum absolute atomic E-state index is 0.0107. The lowest BCUT2D eigenvalue weighted by atomic mass is 9.99. The van der Waals surface area contributed by atoms with E-state index >= 15 is 0 Å². The third-order valence-electron chi connectivity index (χ3n) is 7.35. The van der Waals surface area contributed by atoms with Gasteiger partial charge in [-0.2, -0.15) is 0 Å². The predicted octanol–water partition coefficient (Wildman–Crippen LogP) is -2.54. The first-order chi connectivity index (χ1) is 20.0. The van der Waals surface area contributed by atoms with Crippen molar-refractivity contribution in [1.29, 1.82) is 0 Å². The average Bonchev–Trinajstić information content (AvgIpc) is 2.98. The SMILES string of the molecule is OC[C@H]1O[C@@H](Oc2cc(O[C@@H]3O[C@H](CO)[C@@H](O)[C@H](O)[C@H]3O)c3c(c2)[OH+]C(c2ccc(O)c(O)c2)C=C3)[C@H](O)[C@@H](O)[C@@H]1O. The van der Waals surface area contributed by atoms with Gasteiger partial charge < -0.3 is 74.7 Å². The number of rotatable bonds is 7. The Morgan fingerprint density at radius 2 is 1.29 bits per heavy atom.